The van der Waals surface area contributed by atoms with Gasteiger partial charge in [-0.2, -0.15) is 0 Å². The van der Waals surface area contributed by atoms with Crippen LogP contribution >= 0.6 is 11.9 Å². The van der Waals surface area contributed by atoms with E-state index < -0.39 is 17.7 Å². The molecule has 3 rings (SSSR count). The van der Waals surface area contributed by atoms with Crippen LogP contribution in [0.25, 0.3) is 11.1 Å². The summed E-state index contributed by atoms with van der Waals surface area (Å²) >= 11 is 1.35. The van der Waals surface area contributed by atoms with Crippen molar-refractivity contribution in [1.82, 2.24) is 4.90 Å². The van der Waals surface area contributed by atoms with Crippen molar-refractivity contribution >= 4 is 29.6 Å². The molecule has 0 spiro atoms. The van der Waals surface area contributed by atoms with Crippen LogP contribution in [-0.4, -0.2) is 41.3 Å². The Balaban J connectivity index is 1.77. The van der Waals surface area contributed by atoms with E-state index in [9.17, 15) is 9.59 Å². The zero-order valence-electron chi connectivity index (χ0n) is 17.4. The van der Waals surface area contributed by atoms with Crippen molar-refractivity contribution in [2.75, 3.05) is 17.1 Å². The zero-order chi connectivity index (χ0) is 21.0. The highest BCUT2D eigenvalue weighted by molar-refractivity contribution is 8.00. The second-order valence-electron chi connectivity index (χ2n) is 8.06. The van der Waals surface area contributed by atoms with E-state index in [1.54, 1.807) is 9.21 Å². The summed E-state index contributed by atoms with van der Waals surface area (Å²) in [7, 11) is 0. The van der Waals surface area contributed by atoms with Crippen molar-refractivity contribution in [1.29, 1.82) is 0 Å². The Morgan fingerprint density at radius 2 is 1.66 bits per heavy atom. The van der Waals surface area contributed by atoms with Crippen LogP contribution in [0, 0.1) is 0 Å². The van der Waals surface area contributed by atoms with Crippen LogP contribution in [0.5, 0.6) is 0 Å². The van der Waals surface area contributed by atoms with Gasteiger partial charge in [0.05, 0.1) is 5.69 Å². The third kappa shape index (κ3) is 5.12. The first-order valence-corrected chi connectivity index (χ1v) is 11.0. The Bertz CT molecular complexity index is 847. The molecule has 0 N–H and O–H groups in total. The predicted molar refractivity (Wildman–Crippen MR) is 119 cm³/mol. The molecule has 1 fully saturated rings. The molecule has 6 heteroatoms. The summed E-state index contributed by atoms with van der Waals surface area (Å²) in [6, 6.07) is 17.6. The van der Waals surface area contributed by atoms with E-state index in [0.29, 0.717) is 13.0 Å². The van der Waals surface area contributed by atoms with Crippen molar-refractivity contribution in [3.05, 3.63) is 54.6 Å². The molecule has 1 heterocycles. The van der Waals surface area contributed by atoms with E-state index in [0.717, 1.165) is 23.2 Å². The summed E-state index contributed by atoms with van der Waals surface area (Å²) in [4.78, 5) is 27.4. The Hall–Kier alpha value is -2.47. The number of hydrogen-bond donors (Lipinski definition) is 0. The molecule has 154 valence electrons. The van der Waals surface area contributed by atoms with Gasteiger partial charge in [-0.1, -0.05) is 42.5 Å². The number of anilines is 1. The minimum Gasteiger partial charge on any atom is -0.444 e. The Labute approximate surface area is 177 Å². The van der Waals surface area contributed by atoms with Gasteiger partial charge < -0.3 is 4.74 Å². The van der Waals surface area contributed by atoms with Gasteiger partial charge in [-0.05, 0) is 68.8 Å². The third-order valence-corrected chi connectivity index (χ3v) is 5.51. The van der Waals surface area contributed by atoms with Gasteiger partial charge in [-0.3, -0.25) is 14.0 Å². The second-order valence-corrected chi connectivity index (χ2v) is 8.79. The van der Waals surface area contributed by atoms with E-state index in [1.807, 2.05) is 69.5 Å². The summed E-state index contributed by atoms with van der Waals surface area (Å²) in [5.74, 6) is -0.0895. The highest BCUT2D eigenvalue weighted by Gasteiger charge is 2.39. The van der Waals surface area contributed by atoms with Crippen LogP contribution in [0.1, 0.15) is 33.6 Å². The lowest BCUT2D eigenvalue weighted by Gasteiger charge is -2.30. The van der Waals surface area contributed by atoms with E-state index in [1.165, 1.54) is 11.9 Å². The van der Waals surface area contributed by atoms with E-state index in [2.05, 4.69) is 12.1 Å². The predicted octanol–water partition coefficient (Wildman–Crippen LogP) is 5.36. The number of carbonyl (C=O) groups is 2. The Morgan fingerprint density at radius 3 is 2.24 bits per heavy atom. The van der Waals surface area contributed by atoms with E-state index in [-0.39, 0.29) is 5.91 Å². The molecular weight excluding hydrogens is 384 g/mol. The van der Waals surface area contributed by atoms with Crippen LogP contribution in [0.4, 0.5) is 10.5 Å². The maximum Gasteiger partial charge on any atom is 0.410 e. The fourth-order valence-electron chi connectivity index (χ4n) is 3.44. The first kappa shape index (κ1) is 21.2. The highest BCUT2D eigenvalue weighted by Crippen LogP contribution is 2.30. The first-order valence-electron chi connectivity index (χ1n) is 9.83. The van der Waals surface area contributed by atoms with Crippen LogP contribution < -0.4 is 4.31 Å². The highest BCUT2D eigenvalue weighted by atomic mass is 32.2. The van der Waals surface area contributed by atoms with Gasteiger partial charge in [-0.25, -0.2) is 4.79 Å². The smallest absolute Gasteiger partial charge is 0.410 e. The molecule has 0 aromatic heterocycles. The van der Waals surface area contributed by atoms with Crippen molar-refractivity contribution in [3.63, 3.8) is 0 Å². The molecule has 1 atom stereocenters. The standard InChI is InChI=1S/C23H28N2O3S/c1-23(2,3)28-22(27)24-16-8-11-20(24)21(26)25(29-4)19-14-12-18(13-15-19)17-9-6-5-7-10-17/h5-7,9-10,12-15,20H,8,11,16H2,1-4H3. The summed E-state index contributed by atoms with van der Waals surface area (Å²) in [5.41, 5.74) is 2.45. The fraction of sp³-hybridized carbons (Fsp3) is 0.391. The minimum atomic E-state index is -0.584. The molecule has 2 amide bonds. The maximum absolute atomic E-state index is 13.3. The average molecular weight is 413 g/mol. The SMILES string of the molecule is CSN(C(=O)C1CCCN1C(=O)OC(C)(C)C)c1ccc(-c2ccccc2)cc1. The lowest BCUT2D eigenvalue weighted by atomic mass is 10.1. The van der Waals surface area contributed by atoms with Gasteiger partial charge in [0, 0.05) is 12.8 Å². The van der Waals surface area contributed by atoms with Crippen LogP contribution in [0.2, 0.25) is 0 Å². The van der Waals surface area contributed by atoms with Crippen molar-refractivity contribution in [2.24, 2.45) is 0 Å². The van der Waals surface area contributed by atoms with E-state index in [4.69, 9.17) is 4.74 Å². The molecule has 1 saturated heterocycles. The Morgan fingerprint density at radius 1 is 1.03 bits per heavy atom. The molecule has 0 saturated carbocycles. The van der Waals surface area contributed by atoms with Crippen molar-refractivity contribution in [2.45, 2.75) is 45.3 Å². The fourth-order valence-corrected chi connectivity index (χ4v) is 4.07. The topological polar surface area (TPSA) is 49.9 Å². The minimum absolute atomic E-state index is 0.0895. The number of amides is 2. The number of hydrogen-bond acceptors (Lipinski definition) is 4. The number of carbonyl (C=O) groups excluding carboxylic acids is 2. The summed E-state index contributed by atoms with van der Waals surface area (Å²) in [6.45, 7) is 6.04. The summed E-state index contributed by atoms with van der Waals surface area (Å²) in [5, 5.41) is 0. The molecule has 5 nitrogen and oxygen atoms in total. The molecule has 0 radical (unpaired) electrons. The lowest BCUT2D eigenvalue weighted by molar-refractivity contribution is -0.121. The second kappa shape index (κ2) is 8.91. The molecule has 0 bridgehead atoms. The van der Waals surface area contributed by atoms with Gasteiger partial charge >= 0.3 is 6.09 Å². The number of benzene rings is 2. The molecule has 1 unspecified atom stereocenters. The van der Waals surface area contributed by atoms with Gasteiger partial charge in [0.15, 0.2) is 0 Å². The average Bonchev–Trinajstić information content (AvgIpc) is 3.18. The molecule has 1 aliphatic rings. The molecular formula is C23H28N2O3S. The quantitative estimate of drug-likeness (QED) is 0.634. The summed E-state index contributed by atoms with van der Waals surface area (Å²) < 4.78 is 7.16. The molecule has 2 aromatic carbocycles. The zero-order valence-corrected chi connectivity index (χ0v) is 18.2. The van der Waals surface area contributed by atoms with Gasteiger partial charge in [-0.15, -0.1) is 0 Å². The number of likely N-dealkylation sites (tertiary alicyclic amines) is 1. The number of ether oxygens (including phenoxy) is 1. The molecule has 29 heavy (non-hydrogen) atoms. The summed E-state index contributed by atoms with van der Waals surface area (Å²) in [6.07, 6.45) is 2.89. The van der Waals surface area contributed by atoms with Crippen LogP contribution in [-0.2, 0) is 9.53 Å². The number of nitrogens with zero attached hydrogens (tertiary/aromatic N) is 2. The van der Waals surface area contributed by atoms with Crippen molar-refractivity contribution < 1.29 is 14.3 Å². The van der Waals surface area contributed by atoms with Crippen molar-refractivity contribution in [3.8, 4) is 11.1 Å². The monoisotopic (exact) mass is 412 g/mol. The van der Waals surface area contributed by atoms with Gasteiger partial charge in [0.25, 0.3) is 5.91 Å². The van der Waals surface area contributed by atoms with Gasteiger partial charge in [0.1, 0.15) is 11.6 Å². The Kier molecular flexibility index (Phi) is 6.52. The lowest BCUT2D eigenvalue weighted by Crippen LogP contribution is -2.47. The van der Waals surface area contributed by atoms with Crippen LogP contribution in [0.3, 0.4) is 0 Å². The normalized spacial score (nSPS) is 16.6. The first-order chi connectivity index (χ1) is 13.8. The van der Waals surface area contributed by atoms with Gasteiger partial charge in [0.2, 0.25) is 0 Å². The molecule has 0 aliphatic carbocycles. The van der Waals surface area contributed by atoms with E-state index >= 15 is 0 Å². The molecule has 2 aromatic rings. The molecule has 1 aliphatic heterocycles. The third-order valence-electron chi connectivity index (χ3n) is 4.76. The maximum atomic E-state index is 13.3. The largest absolute Gasteiger partial charge is 0.444 e. The van der Waals surface area contributed by atoms with Crippen LogP contribution in [0.15, 0.2) is 54.6 Å². The number of rotatable bonds is 4.